The lowest BCUT2D eigenvalue weighted by atomic mass is 10.0. The molecule has 0 aliphatic carbocycles. The van der Waals surface area contributed by atoms with Gasteiger partial charge in [0, 0.05) is 29.5 Å². The van der Waals surface area contributed by atoms with E-state index in [-0.39, 0.29) is 11.9 Å². The average molecular weight is 382 g/mol. The number of carbonyl (C=O) groups excluding carboxylic acids is 1. The Labute approximate surface area is 152 Å². The summed E-state index contributed by atoms with van der Waals surface area (Å²) in [5.74, 6) is -0.190. The monoisotopic (exact) mass is 381 g/mol. The Hall–Kier alpha value is -1.70. The maximum Gasteiger partial charge on any atom is 0.253 e. The van der Waals surface area contributed by atoms with Crippen molar-refractivity contribution in [2.45, 2.75) is 25.8 Å². The number of carbonyl (C=O) groups is 1. The molecule has 1 N–H and O–H groups in total. The number of pyridine rings is 1. The van der Waals surface area contributed by atoms with Crippen molar-refractivity contribution in [3.05, 3.63) is 40.5 Å². The van der Waals surface area contributed by atoms with Crippen LogP contribution in [-0.2, 0) is 10.0 Å². The van der Waals surface area contributed by atoms with Crippen LogP contribution in [-0.4, -0.2) is 49.0 Å². The van der Waals surface area contributed by atoms with Crippen molar-refractivity contribution in [2.75, 3.05) is 19.3 Å². The minimum atomic E-state index is -3.17. The number of halogens is 1. The van der Waals surface area contributed by atoms with E-state index < -0.39 is 10.0 Å². The van der Waals surface area contributed by atoms with Crippen molar-refractivity contribution in [2.24, 2.45) is 0 Å². The van der Waals surface area contributed by atoms with Gasteiger partial charge < -0.3 is 5.32 Å². The number of nitrogens with zero attached hydrogens (tertiary/aromatic N) is 2. The third-order valence-corrected chi connectivity index (χ3v) is 6.01. The van der Waals surface area contributed by atoms with Gasteiger partial charge in [-0.2, -0.15) is 0 Å². The van der Waals surface area contributed by atoms with Crippen molar-refractivity contribution >= 4 is 38.4 Å². The minimum Gasteiger partial charge on any atom is -0.349 e. The van der Waals surface area contributed by atoms with Crippen LogP contribution >= 0.6 is 11.6 Å². The fourth-order valence-corrected chi connectivity index (χ4v) is 4.12. The highest BCUT2D eigenvalue weighted by atomic mass is 35.5. The van der Waals surface area contributed by atoms with Crippen LogP contribution in [0.2, 0.25) is 5.02 Å². The SMILES string of the molecule is Cc1nc2ccc(Cl)cc2cc1C(=O)NC1CCN(S(C)(=O)=O)CC1. The number of nitrogens with one attached hydrogen (secondary N) is 1. The van der Waals surface area contributed by atoms with Gasteiger partial charge in [0.15, 0.2) is 0 Å². The summed E-state index contributed by atoms with van der Waals surface area (Å²) < 4.78 is 24.6. The van der Waals surface area contributed by atoms with E-state index in [0.717, 1.165) is 10.9 Å². The molecule has 0 saturated carbocycles. The van der Waals surface area contributed by atoms with E-state index in [9.17, 15) is 13.2 Å². The largest absolute Gasteiger partial charge is 0.349 e. The molecule has 134 valence electrons. The maximum absolute atomic E-state index is 12.6. The van der Waals surface area contributed by atoms with E-state index >= 15 is 0 Å². The summed E-state index contributed by atoms with van der Waals surface area (Å²) in [5, 5.41) is 4.40. The van der Waals surface area contributed by atoms with E-state index in [2.05, 4.69) is 10.3 Å². The van der Waals surface area contributed by atoms with Gasteiger partial charge in [-0.3, -0.25) is 9.78 Å². The first-order valence-corrected chi connectivity index (χ1v) is 10.3. The number of aryl methyl sites for hydroxylation is 1. The van der Waals surface area contributed by atoms with Crippen molar-refractivity contribution in [1.29, 1.82) is 0 Å². The van der Waals surface area contributed by atoms with E-state index in [1.165, 1.54) is 10.6 Å². The molecule has 1 aliphatic rings. The van der Waals surface area contributed by atoms with Gasteiger partial charge in [-0.15, -0.1) is 0 Å². The lowest BCUT2D eigenvalue weighted by Gasteiger charge is -2.30. The zero-order chi connectivity index (χ0) is 18.2. The number of rotatable bonds is 3. The van der Waals surface area contributed by atoms with Gasteiger partial charge in [-0.1, -0.05) is 11.6 Å². The van der Waals surface area contributed by atoms with Crippen LogP contribution in [0.3, 0.4) is 0 Å². The van der Waals surface area contributed by atoms with E-state index in [4.69, 9.17) is 11.6 Å². The molecule has 8 heteroatoms. The lowest BCUT2D eigenvalue weighted by molar-refractivity contribution is 0.0923. The van der Waals surface area contributed by atoms with Crippen LogP contribution in [0.4, 0.5) is 0 Å². The third kappa shape index (κ3) is 4.11. The quantitative estimate of drug-likeness (QED) is 0.885. The van der Waals surface area contributed by atoms with Crippen LogP contribution in [0.15, 0.2) is 24.3 Å². The Morgan fingerprint density at radius 2 is 1.96 bits per heavy atom. The number of hydrogen-bond donors (Lipinski definition) is 1. The summed E-state index contributed by atoms with van der Waals surface area (Å²) in [6, 6.07) is 7.13. The highest BCUT2D eigenvalue weighted by Gasteiger charge is 2.26. The molecule has 0 unspecified atom stereocenters. The van der Waals surface area contributed by atoms with E-state index in [0.29, 0.717) is 42.2 Å². The van der Waals surface area contributed by atoms with Crippen LogP contribution in [0.25, 0.3) is 10.9 Å². The van der Waals surface area contributed by atoms with Crippen molar-refractivity contribution < 1.29 is 13.2 Å². The molecule has 1 amide bonds. The van der Waals surface area contributed by atoms with Gasteiger partial charge in [0.2, 0.25) is 10.0 Å². The molecule has 1 aromatic heterocycles. The number of amides is 1. The van der Waals surface area contributed by atoms with Crippen LogP contribution in [0.5, 0.6) is 0 Å². The molecule has 0 bridgehead atoms. The maximum atomic E-state index is 12.6. The first-order chi connectivity index (χ1) is 11.7. The molecule has 1 aliphatic heterocycles. The molecule has 0 spiro atoms. The van der Waals surface area contributed by atoms with Crippen LogP contribution < -0.4 is 5.32 Å². The Kier molecular flexibility index (Phi) is 4.99. The highest BCUT2D eigenvalue weighted by molar-refractivity contribution is 7.88. The Morgan fingerprint density at radius 1 is 1.28 bits per heavy atom. The van der Waals surface area contributed by atoms with Crippen LogP contribution in [0.1, 0.15) is 28.9 Å². The second kappa shape index (κ2) is 6.90. The number of piperidine rings is 1. The number of fused-ring (bicyclic) bond motifs is 1. The Morgan fingerprint density at radius 3 is 2.60 bits per heavy atom. The molecule has 0 atom stereocenters. The van der Waals surface area contributed by atoms with E-state index in [1.807, 2.05) is 6.07 Å². The van der Waals surface area contributed by atoms with Gasteiger partial charge in [0.05, 0.1) is 23.0 Å². The molecule has 6 nitrogen and oxygen atoms in total. The zero-order valence-corrected chi connectivity index (χ0v) is 15.7. The van der Waals surface area contributed by atoms with Gasteiger partial charge in [-0.05, 0) is 44.0 Å². The molecule has 1 aromatic carbocycles. The number of benzene rings is 1. The summed E-state index contributed by atoms with van der Waals surface area (Å²) in [5.41, 5.74) is 1.96. The fourth-order valence-electron chi connectivity index (χ4n) is 3.07. The summed E-state index contributed by atoms with van der Waals surface area (Å²) >= 11 is 6.01. The fraction of sp³-hybridized carbons (Fsp3) is 0.412. The molecular formula is C17H20ClN3O3S. The predicted octanol–water partition coefficient (Wildman–Crippen LogP) is 2.35. The molecule has 3 rings (SSSR count). The summed E-state index contributed by atoms with van der Waals surface area (Å²) in [7, 11) is -3.17. The lowest BCUT2D eigenvalue weighted by Crippen LogP contribution is -2.46. The molecule has 2 heterocycles. The summed E-state index contributed by atoms with van der Waals surface area (Å²) in [6.07, 6.45) is 2.41. The molecule has 1 fully saturated rings. The molecule has 0 radical (unpaired) electrons. The normalized spacial score (nSPS) is 16.9. The minimum absolute atomic E-state index is 0.0417. The topological polar surface area (TPSA) is 79.4 Å². The average Bonchev–Trinajstić information content (AvgIpc) is 2.54. The smallest absolute Gasteiger partial charge is 0.253 e. The summed E-state index contributed by atoms with van der Waals surface area (Å²) in [6.45, 7) is 2.65. The highest BCUT2D eigenvalue weighted by Crippen LogP contribution is 2.21. The second-order valence-corrected chi connectivity index (χ2v) is 8.79. The second-order valence-electron chi connectivity index (χ2n) is 6.37. The van der Waals surface area contributed by atoms with Crippen LogP contribution in [0, 0.1) is 6.92 Å². The standard InChI is InChI=1S/C17H20ClN3O3S/c1-11-15(10-12-9-13(18)3-4-16(12)19-11)17(22)20-14-5-7-21(8-6-14)25(2,23)24/h3-4,9-10,14H,5-8H2,1-2H3,(H,20,22). The first-order valence-electron chi connectivity index (χ1n) is 8.07. The zero-order valence-electron chi connectivity index (χ0n) is 14.1. The number of hydrogen-bond acceptors (Lipinski definition) is 4. The van der Waals surface area contributed by atoms with Gasteiger partial charge >= 0.3 is 0 Å². The van der Waals surface area contributed by atoms with Gasteiger partial charge in [0.25, 0.3) is 5.91 Å². The van der Waals surface area contributed by atoms with Gasteiger partial charge in [0.1, 0.15) is 0 Å². The molecule has 25 heavy (non-hydrogen) atoms. The Balaban J connectivity index is 1.74. The van der Waals surface area contributed by atoms with E-state index in [1.54, 1.807) is 25.1 Å². The van der Waals surface area contributed by atoms with Crippen molar-refractivity contribution in [3.8, 4) is 0 Å². The molecular weight excluding hydrogens is 362 g/mol. The third-order valence-electron chi connectivity index (χ3n) is 4.47. The number of sulfonamides is 1. The molecule has 2 aromatic rings. The van der Waals surface area contributed by atoms with Crippen molar-refractivity contribution in [1.82, 2.24) is 14.6 Å². The Bertz CT molecular complexity index is 922. The number of aromatic nitrogens is 1. The van der Waals surface area contributed by atoms with Gasteiger partial charge in [-0.25, -0.2) is 12.7 Å². The molecule has 1 saturated heterocycles. The predicted molar refractivity (Wildman–Crippen MR) is 98.4 cm³/mol. The summed E-state index contributed by atoms with van der Waals surface area (Å²) in [4.78, 5) is 17.1. The first kappa shape index (κ1) is 18.1. The van der Waals surface area contributed by atoms with Crippen molar-refractivity contribution in [3.63, 3.8) is 0 Å².